The Morgan fingerprint density at radius 3 is 2.52 bits per heavy atom. The standard InChI is InChI=1S/C18H20O3/c1-3-16-14(2)8-7-11-17(16)20-13-18(19)21-12-15-9-5-4-6-10-15/h4-11H,3,12-13H2,1-2H3. The van der Waals surface area contributed by atoms with E-state index >= 15 is 0 Å². The Balaban J connectivity index is 1.86. The van der Waals surface area contributed by atoms with Gasteiger partial charge in [-0.3, -0.25) is 0 Å². The van der Waals surface area contributed by atoms with E-state index in [0.29, 0.717) is 0 Å². The number of hydrogen-bond acceptors (Lipinski definition) is 3. The predicted molar refractivity (Wildman–Crippen MR) is 82.3 cm³/mol. The number of esters is 1. The summed E-state index contributed by atoms with van der Waals surface area (Å²) in [6.45, 7) is 4.32. The van der Waals surface area contributed by atoms with Gasteiger partial charge < -0.3 is 9.47 Å². The largest absolute Gasteiger partial charge is 0.482 e. The van der Waals surface area contributed by atoms with Crippen molar-refractivity contribution in [3.63, 3.8) is 0 Å². The Labute approximate surface area is 125 Å². The fraction of sp³-hybridized carbons (Fsp3) is 0.278. The van der Waals surface area contributed by atoms with Gasteiger partial charge >= 0.3 is 5.97 Å². The van der Waals surface area contributed by atoms with Crippen molar-refractivity contribution in [3.05, 3.63) is 65.2 Å². The molecule has 0 bridgehead atoms. The van der Waals surface area contributed by atoms with Crippen LogP contribution >= 0.6 is 0 Å². The highest BCUT2D eigenvalue weighted by atomic mass is 16.6. The molecule has 110 valence electrons. The lowest BCUT2D eigenvalue weighted by atomic mass is 10.1. The van der Waals surface area contributed by atoms with E-state index in [1.165, 1.54) is 5.56 Å². The first-order valence-corrected chi connectivity index (χ1v) is 7.11. The summed E-state index contributed by atoms with van der Waals surface area (Å²) in [5.41, 5.74) is 3.27. The van der Waals surface area contributed by atoms with Gasteiger partial charge in [-0.05, 0) is 36.1 Å². The minimum atomic E-state index is -0.359. The maximum atomic E-state index is 11.7. The summed E-state index contributed by atoms with van der Waals surface area (Å²) < 4.78 is 10.8. The van der Waals surface area contributed by atoms with E-state index in [1.54, 1.807) is 0 Å². The van der Waals surface area contributed by atoms with Crippen LogP contribution in [0.3, 0.4) is 0 Å². The number of aryl methyl sites for hydroxylation is 1. The summed E-state index contributed by atoms with van der Waals surface area (Å²) in [6, 6.07) is 15.5. The van der Waals surface area contributed by atoms with Gasteiger partial charge in [0, 0.05) is 0 Å². The van der Waals surface area contributed by atoms with Crippen molar-refractivity contribution in [2.75, 3.05) is 6.61 Å². The molecular weight excluding hydrogens is 264 g/mol. The number of carbonyl (C=O) groups is 1. The highest BCUT2D eigenvalue weighted by Crippen LogP contribution is 2.22. The van der Waals surface area contributed by atoms with E-state index in [4.69, 9.17) is 9.47 Å². The van der Waals surface area contributed by atoms with E-state index in [0.717, 1.165) is 23.3 Å². The molecule has 0 aromatic heterocycles. The smallest absolute Gasteiger partial charge is 0.344 e. The minimum Gasteiger partial charge on any atom is -0.482 e. The monoisotopic (exact) mass is 284 g/mol. The van der Waals surface area contributed by atoms with Gasteiger partial charge in [-0.2, -0.15) is 0 Å². The predicted octanol–water partition coefficient (Wildman–Crippen LogP) is 3.68. The quantitative estimate of drug-likeness (QED) is 0.759. The molecule has 0 aliphatic carbocycles. The van der Waals surface area contributed by atoms with Crippen LogP contribution in [0.15, 0.2) is 48.5 Å². The van der Waals surface area contributed by atoms with Crippen LogP contribution in [0.5, 0.6) is 5.75 Å². The molecule has 2 rings (SSSR count). The van der Waals surface area contributed by atoms with Gasteiger partial charge in [-0.25, -0.2) is 4.79 Å². The molecule has 0 fully saturated rings. The first-order valence-electron chi connectivity index (χ1n) is 7.11. The normalized spacial score (nSPS) is 10.2. The van der Waals surface area contributed by atoms with E-state index in [1.807, 2.05) is 55.5 Å². The van der Waals surface area contributed by atoms with Crippen LogP contribution in [0.4, 0.5) is 0 Å². The lowest BCUT2D eigenvalue weighted by Crippen LogP contribution is -2.15. The van der Waals surface area contributed by atoms with Crippen LogP contribution in [0.2, 0.25) is 0 Å². The second-order valence-electron chi connectivity index (χ2n) is 4.84. The molecule has 0 amide bonds. The molecular formula is C18H20O3. The lowest BCUT2D eigenvalue weighted by molar-refractivity contribution is -0.147. The fourth-order valence-corrected chi connectivity index (χ4v) is 2.18. The summed E-state index contributed by atoms with van der Waals surface area (Å²) >= 11 is 0. The Hall–Kier alpha value is -2.29. The van der Waals surface area contributed by atoms with Gasteiger partial charge in [-0.1, -0.05) is 49.4 Å². The topological polar surface area (TPSA) is 35.5 Å². The molecule has 0 heterocycles. The van der Waals surface area contributed by atoms with Crippen molar-refractivity contribution < 1.29 is 14.3 Å². The second-order valence-corrected chi connectivity index (χ2v) is 4.84. The molecule has 0 unspecified atom stereocenters. The van der Waals surface area contributed by atoms with Crippen molar-refractivity contribution in [2.24, 2.45) is 0 Å². The average Bonchev–Trinajstić information content (AvgIpc) is 2.52. The molecule has 2 aromatic carbocycles. The first kappa shape index (κ1) is 15.1. The van der Waals surface area contributed by atoms with E-state index < -0.39 is 0 Å². The lowest BCUT2D eigenvalue weighted by Gasteiger charge is -2.12. The van der Waals surface area contributed by atoms with Crippen LogP contribution in [0, 0.1) is 6.92 Å². The van der Waals surface area contributed by atoms with Crippen LogP contribution < -0.4 is 4.74 Å². The van der Waals surface area contributed by atoms with Crippen molar-refractivity contribution in [2.45, 2.75) is 26.9 Å². The third-order valence-corrected chi connectivity index (χ3v) is 3.31. The van der Waals surface area contributed by atoms with E-state index in [9.17, 15) is 4.79 Å². The summed E-state index contributed by atoms with van der Waals surface area (Å²) in [5, 5.41) is 0. The highest BCUT2D eigenvalue weighted by Gasteiger charge is 2.08. The number of ether oxygens (including phenoxy) is 2. The van der Waals surface area contributed by atoms with Crippen molar-refractivity contribution >= 4 is 5.97 Å². The number of hydrogen-bond donors (Lipinski definition) is 0. The zero-order chi connectivity index (χ0) is 15.1. The Morgan fingerprint density at radius 2 is 1.81 bits per heavy atom. The molecule has 0 radical (unpaired) electrons. The molecule has 0 atom stereocenters. The van der Waals surface area contributed by atoms with E-state index in [-0.39, 0.29) is 19.2 Å². The molecule has 0 aliphatic rings. The maximum absolute atomic E-state index is 11.7. The van der Waals surface area contributed by atoms with E-state index in [2.05, 4.69) is 6.92 Å². The number of carbonyl (C=O) groups excluding carboxylic acids is 1. The summed E-state index contributed by atoms with van der Waals surface area (Å²) in [6.07, 6.45) is 0.876. The zero-order valence-electron chi connectivity index (χ0n) is 12.5. The molecule has 0 saturated carbocycles. The van der Waals surface area contributed by atoms with Crippen molar-refractivity contribution in [3.8, 4) is 5.75 Å². The second kappa shape index (κ2) is 7.48. The van der Waals surface area contributed by atoms with Crippen LogP contribution in [0.1, 0.15) is 23.6 Å². The molecule has 3 nitrogen and oxygen atoms in total. The Bertz CT molecular complexity index is 591. The molecule has 21 heavy (non-hydrogen) atoms. The summed E-state index contributed by atoms with van der Waals surface area (Å²) in [4.78, 5) is 11.7. The first-order chi connectivity index (χ1) is 10.2. The minimum absolute atomic E-state index is 0.0662. The third kappa shape index (κ3) is 4.35. The Morgan fingerprint density at radius 1 is 1.05 bits per heavy atom. The SMILES string of the molecule is CCc1c(C)cccc1OCC(=O)OCc1ccccc1. The Kier molecular flexibility index (Phi) is 5.38. The van der Waals surface area contributed by atoms with Crippen molar-refractivity contribution in [1.29, 1.82) is 0 Å². The maximum Gasteiger partial charge on any atom is 0.344 e. The van der Waals surface area contributed by atoms with Gasteiger partial charge in [-0.15, -0.1) is 0 Å². The molecule has 0 saturated heterocycles. The van der Waals surface area contributed by atoms with Gasteiger partial charge in [0.05, 0.1) is 0 Å². The van der Waals surface area contributed by atoms with Gasteiger partial charge in [0.1, 0.15) is 12.4 Å². The molecule has 0 spiro atoms. The van der Waals surface area contributed by atoms with Crippen molar-refractivity contribution in [1.82, 2.24) is 0 Å². The van der Waals surface area contributed by atoms with Crippen LogP contribution in [-0.2, 0) is 22.6 Å². The molecule has 2 aromatic rings. The number of rotatable bonds is 6. The molecule has 0 N–H and O–H groups in total. The fourth-order valence-electron chi connectivity index (χ4n) is 2.18. The molecule has 0 aliphatic heterocycles. The van der Waals surface area contributed by atoms with Gasteiger partial charge in [0.15, 0.2) is 6.61 Å². The van der Waals surface area contributed by atoms with Crippen LogP contribution in [0.25, 0.3) is 0 Å². The number of benzene rings is 2. The summed E-state index contributed by atoms with van der Waals surface area (Å²) in [5.74, 6) is 0.400. The highest BCUT2D eigenvalue weighted by molar-refractivity contribution is 5.71. The third-order valence-electron chi connectivity index (χ3n) is 3.31. The van der Waals surface area contributed by atoms with Crippen LogP contribution in [-0.4, -0.2) is 12.6 Å². The summed E-state index contributed by atoms with van der Waals surface area (Å²) in [7, 11) is 0. The molecule has 3 heteroatoms. The van der Waals surface area contributed by atoms with Gasteiger partial charge in [0.2, 0.25) is 0 Å². The zero-order valence-corrected chi connectivity index (χ0v) is 12.5. The van der Waals surface area contributed by atoms with Gasteiger partial charge in [0.25, 0.3) is 0 Å². The average molecular weight is 284 g/mol.